The Hall–Kier alpha value is -0.820. The van der Waals surface area contributed by atoms with Crippen LogP contribution in [-0.2, 0) is 13.0 Å². The molecule has 2 rings (SSSR count). The summed E-state index contributed by atoms with van der Waals surface area (Å²) >= 11 is 0. The zero-order valence-electron chi connectivity index (χ0n) is 13.5. The first-order valence-corrected chi connectivity index (χ1v) is 8.36. The maximum Gasteiger partial charge on any atom is 0.0205 e. The van der Waals surface area contributed by atoms with Gasteiger partial charge in [0.15, 0.2) is 0 Å². The van der Waals surface area contributed by atoms with Crippen LogP contribution in [0.3, 0.4) is 0 Å². The molecule has 0 amide bonds. The average molecular weight is 273 g/mol. The fourth-order valence-electron chi connectivity index (χ4n) is 3.36. The highest BCUT2D eigenvalue weighted by Gasteiger charge is 2.25. The Morgan fingerprint density at radius 1 is 1.00 bits per heavy atom. The summed E-state index contributed by atoms with van der Waals surface area (Å²) in [5.41, 5.74) is 3.41. The Morgan fingerprint density at radius 3 is 2.20 bits per heavy atom. The molecule has 0 radical (unpaired) electrons. The molecular weight excluding hydrogens is 242 g/mol. The number of rotatable bonds is 6. The van der Waals surface area contributed by atoms with Gasteiger partial charge < -0.3 is 5.32 Å². The van der Waals surface area contributed by atoms with E-state index < -0.39 is 0 Å². The van der Waals surface area contributed by atoms with Crippen LogP contribution in [0.25, 0.3) is 0 Å². The van der Waals surface area contributed by atoms with Gasteiger partial charge >= 0.3 is 0 Å². The Kier molecular flexibility index (Phi) is 5.65. The molecule has 0 spiro atoms. The molecule has 20 heavy (non-hydrogen) atoms. The quantitative estimate of drug-likeness (QED) is 0.773. The van der Waals surface area contributed by atoms with Crippen molar-refractivity contribution in [1.82, 2.24) is 5.32 Å². The van der Waals surface area contributed by atoms with Crippen LogP contribution in [0, 0.1) is 11.3 Å². The maximum absolute atomic E-state index is 3.67. The van der Waals surface area contributed by atoms with Crippen molar-refractivity contribution in [1.29, 1.82) is 0 Å². The van der Waals surface area contributed by atoms with E-state index in [1.807, 2.05) is 0 Å². The van der Waals surface area contributed by atoms with Crippen molar-refractivity contribution in [3.63, 3.8) is 0 Å². The average Bonchev–Trinajstić information content (AvgIpc) is 2.41. The van der Waals surface area contributed by atoms with Crippen LogP contribution in [0.2, 0.25) is 0 Å². The lowest BCUT2D eigenvalue weighted by Crippen LogP contribution is -2.33. The van der Waals surface area contributed by atoms with Crippen LogP contribution in [-0.4, -0.2) is 6.54 Å². The third kappa shape index (κ3) is 4.94. The lowest BCUT2D eigenvalue weighted by molar-refractivity contribution is 0.207. The monoisotopic (exact) mass is 273 g/mol. The summed E-state index contributed by atoms with van der Waals surface area (Å²) < 4.78 is 0. The molecule has 1 aromatic carbocycles. The molecule has 1 fully saturated rings. The van der Waals surface area contributed by atoms with Crippen LogP contribution in [0.4, 0.5) is 0 Å². The Bertz CT molecular complexity index is 385. The fourth-order valence-corrected chi connectivity index (χ4v) is 3.36. The molecule has 0 bridgehead atoms. The van der Waals surface area contributed by atoms with E-state index in [1.165, 1.54) is 56.2 Å². The van der Waals surface area contributed by atoms with Gasteiger partial charge in [-0.15, -0.1) is 0 Å². The van der Waals surface area contributed by atoms with Gasteiger partial charge in [-0.1, -0.05) is 64.3 Å². The first-order valence-electron chi connectivity index (χ1n) is 8.36. The van der Waals surface area contributed by atoms with Crippen molar-refractivity contribution in [2.75, 3.05) is 6.54 Å². The predicted octanol–water partition coefficient (Wildman–Crippen LogP) is 4.95. The van der Waals surface area contributed by atoms with Gasteiger partial charge in [-0.2, -0.15) is 0 Å². The van der Waals surface area contributed by atoms with Crippen molar-refractivity contribution in [3.05, 3.63) is 35.4 Å². The van der Waals surface area contributed by atoms with Crippen molar-refractivity contribution in [2.45, 2.75) is 65.8 Å². The minimum Gasteiger partial charge on any atom is -0.312 e. The third-order valence-corrected chi connectivity index (χ3v) is 4.61. The van der Waals surface area contributed by atoms with Gasteiger partial charge in [0.25, 0.3) is 0 Å². The molecule has 1 N–H and O–H groups in total. The molecule has 0 saturated heterocycles. The van der Waals surface area contributed by atoms with E-state index >= 15 is 0 Å². The fraction of sp³-hybridized carbons (Fsp3) is 0.684. The predicted molar refractivity (Wildman–Crippen MR) is 87.9 cm³/mol. The van der Waals surface area contributed by atoms with E-state index in [1.54, 1.807) is 0 Å². The highest BCUT2D eigenvalue weighted by Crippen LogP contribution is 2.34. The lowest BCUT2D eigenvalue weighted by Gasteiger charge is -2.33. The molecule has 1 aliphatic carbocycles. The topological polar surface area (TPSA) is 12.0 Å². The first-order chi connectivity index (χ1) is 9.57. The third-order valence-electron chi connectivity index (χ3n) is 4.61. The summed E-state index contributed by atoms with van der Waals surface area (Å²) in [7, 11) is 0. The molecular formula is C19H31N. The van der Waals surface area contributed by atoms with Crippen LogP contribution < -0.4 is 5.32 Å². The van der Waals surface area contributed by atoms with Gasteiger partial charge in [-0.3, -0.25) is 0 Å². The van der Waals surface area contributed by atoms with Gasteiger partial charge in [0, 0.05) is 13.1 Å². The molecule has 1 saturated carbocycles. The van der Waals surface area contributed by atoms with Crippen molar-refractivity contribution in [3.8, 4) is 0 Å². The van der Waals surface area contributed by atoms with Crippen molar-refractivity contribution >= 4 is 0 Å². The van der Waals surface area contributed by atoms with Crippen LogP contribution in [0.5, 0.6) is 0 Å². The van der Waals surface area contributed by atoms with Gasteiger partial charge in [-0.25, -0.2) is 0 Å². The molecule has 0 unspecified atom stereocenters. The summed E-state index contributed by atoms with van der Waals surface area (Å²) in [5.74, 6) is 0.741. The summed E-state index contributed by atoms with van der Waals surface area (Å²) in [6, 6.07) is 9.15. The van der Waals surface area contributed by atoms with E-state index in [4.69, 9.17) is 0 Å². The van der Waals surface area contributed by atoms with E-state index in [-0.39, 0.29) is 0 Å². The molecule has 1 aromatic rings. The van der Waals surface area contributed by atoms with E-state index in [2.05, 4.69) is 50.4 Å². The molecule has 0 heterocycles. The lowest BCUT2D eigenvalue weighted by atomic mass is 9.76. The van der Waals surface area contributed by atoms with Crippen LogP contribution >= 0.6 is 0 Å². The zero-order valence-corrected chi connectivity index (χ0v) is 13.5. The normalized spacial score (nSPS) is 18.4. The summed E-state index contributed by atoms with van der Waals surface area (Å²) in [6.07, 6.45) is 8.25. The Balaban J connectivity index is 1.76. The molecule has 0 aromatic heterocycles. The first kappa shape index (κ1) is 15.6. The molecule has 0 aliphatic heterocycles. The van der Waals surface area contributed by atoms with E-state index in [0.29, 0.717) is 5.41 Å². The van der Waals surface area contributed by atoms with Crippen molar-refractivity contribution in [2.24, 2.45) is 11.3 Å². The largest absolute Gasteiger partial charge is 0.312 e. The Labute approximate surface area is 125 Å². The number of hydrogen-bond donors (Lipinski definition) is 1. The second kappa shape index (κ2) is 7.26. The number of benzene rings is 1. The minimum atomic E-state index is 0.538. The molecule has 112 valence electrons. The van der Waals surface area contributed by atoms with Gasteiger partial charge in [0.2, 0.25) is 0 Å². The number of hydrogen-bond acceptors (Lipinski definition) is 1. The van der Waals surface area contributed by atoms with E-state index in [0.717, 1.165) is 12.5 Å². The molecule has 1 heteroatoms. The standard InChI is InChI=1S/C19H31N/c1-16(2)13-17-7-9-18(10-8-17)14-20-15-19(3)11-5-4-6-12-19/h7-10,16,20H,4-6,11-15H2,1-3H3. The maximum atomic E-state index is 3.67. The minimum absolute atomic E-state index is 0.538. The Morgan fingerprint density at radius 2 is 1.60 bits per heavy atom. The summed E-state index contributed by atoms with van der Waals surface area (Å²) in [4.78, 5) is 0. The highest BCUT2D eigenvalue weighted by molar-refractivity contribution is 5.22. The smallest absolute Gasteiger partial charge is 0.0205 e. The highest BCUT2D eigenvalue weighted by atomic mass is 14.9. The molecule has 0 atom stereocenters. The second-order valence-corrected chi connectivity index (χ2v) is 7.39. The summed E-state index contributed by atoms with van der Waals surface area (Å²) in [5, 5.41) is 3.67. The van der Waals surface area contributed by atoms with Gasteiger partial charge in [-0.05, 0) is 41.7 Å². The SMILES string of the molecule is CC(C)Cc1ccc(CNCC2(C)CCCCC2)cc1. The van der Waals surface area contributed by atoms with Gasteiger partial charge in [0.05, 0.1) is 0 Å². The van der Waals surface area contributed by atoms with Crippen LogP contribution in [0.1, 0.15) is 64.0 Å². The van der Waals surface area contributed by atoms with Gasteiger partial charge in [0.1, 0.15) is 0 Å². The van der Waals surface area contributed by atoms with E-state index in [9.17, 15) is 0 Å². The molecule has 1 nitrogen and oxygen atoms in total. The van der Waals surface area contributed by atoms with Crippen LogP contribution in [0.15, 0.2) is 24.3 Å². The summed E-state index contributed by atoms with van der Waals surface area (Å²) in [6.45, 7) is 9.18. The zero-order chi connectivity index (χ0) is 14.4. The number of nitrogens with one attached hydrogen (secondary N) is 1. The second-order valence-electron chi connectivity index (χ2n) is 7.39. The van der Waals surface area contributed by atoms with Crippen molar-refractivity contribution < 1.29 is 0 Å². The molecule has 1 aliphatic rings.